The Morgan fingerprint density at radius 1 is 1.00 bits per heavy atom. The normalized spacial score (nSPS) is 10.8. The number of rotatable bonds is 8. The molecule has 0 saturated heterocycles. The largest absolute Gasteiger partial charge is 0.493 e. The Morgan fingerprint density at radius 2 is 1.77 bits per heavy atom. The first-order valence-electron chi connectivity index (χ1n) is 8.85. The molecule has 0 spiro atoms. The van der Waals surface area contributed by atoms with Crippen molar-refractivity contribution in [2.45, 2.75) is 26.4 Å². The van der Waals surface area contributed by atoms with E-state index in [0.29, 0.717) is 25.3 Å². The molecule has 0 aliphatic heterocycles. The standard InChI is InChI=1S/C22H23NO3/c1-2-13-26-21-12-11-17-5-3-4-6-19(17)20(21)15-23-14-16-7-9-18(10-8-16)22(24)25/h3-12,23H,2,13-15H2,1H3,(H,24,25). The summed E-state index contributed by atoms with van der Waals surface area (Å²) < 4.78 is 5.93. The van der Waals surface area contributed by atoms with Gasteiger partial charge in [0.25, 0.3) is 0 Å². The minimum absolute atomic E-state index is 0.304. The summed E-state index contributed by atoms with van der Waals surface area (Å²) in [5, 5.41) is 14.8. The molecule has 0 radical (unpaired) electrons. The van der Waals surface area contributed by atoms with Gasteiger partial charge >= 0.3 is 5.97 Å². The smallest absolute Gasteiger partial charge is 0.335 e. The summed E-state index contributed by atoms with van der Waals surface area (Å²) in [6.45, 7) is 4.14. The summed E-state index contributed by atoms with van der Waals surface area (Å²) in [5.41, 5.74) is 2.50. The highest BCUT2D eigenvalue weighted by atomic mass is 16.5. The molecule has 0 unspecified atom stereocenters. The number of carbonyl (C=O) groups is 1. The van der Waals surface area contributed by atoms with Gasteiger partial charge < -0.3 is 15.2 Å². The number of carboxylic acid groups (broad SMARTS) is 1. The van der Waals surface area contributed by atoms with E-state index in [0.717, 1.165) is 23.3 Å². The number of aromatic carboxylic acids is 1. The van der Waals surface area contributed by atoms with Gasteiger partial charge in [-0.15, -0.1) is 0 Å². The minimum Gasteiger partial charge on any atom is -0.493 e. The van der Waals surface area contributed by atoms with Crippen LogP contribution in [0.3, 0.4) is 0 Å². The van der Waals surface area contributed by atoms with Gasteiger partial charge in [0.05, 0.1) is 12.2 Å². The lowest BCUT2D eigenvalue weighted by molar-refractivity contribution is 0.0697. The second-order valence-electron chi connectivity index (χ2n) is 6.22. The first-order chi connectivity index (χ1) is 12.7. The van der Waals surface area contributed by atoms with Crippen LogP contribution in [0.25, 0.3) is 10.8 Å². The van der Waals surface area contributed by atoms with Gasteiger partial charge in [-0.3, -0.25) is 0 Å². The molecule has 0 aliphatic rings. The van der Waals surface area contributed by atoms with Gasteiger partial charge in [-0.1, -0.05) is 49.4 Å². The highest BCUT2D eigenvalue weighted by Crippen LogP contribution is 2.28. The van der Waals surface area contributed by atoms with E-state index >= 15 is 0 Å². The average molecular weight is 349 g/mol. The molecular formula is C22H23NO3. The zero-order valence-electron chi connectivity index (χ0n) is 14.9. The topological polar surface area (TPSA) is 58.6 Å². The lowest BCUT2D eigenvalue weighted by atomic mass is 10.0. The fraction of sp³-hybridized carbons (Fsp3) is 0.227. The number of benzene rings is 3. The molecule has 0 atom stereocenters. The molecule has 0 aliphatic carbocycles. The quantitative estimate of drug-likeness (QED) is 0.623. The summed E-state index contributed by atoms with van der Waals surface area (Å²) in [6, 6.07) is 19.4. The lowest BCUT2D eigenvalue weighted by Gasteiger charge is -2.15. The third-order valence-corrected chi connectivity index (χ3v) is 4.29. The zero-order valence-corrected chi connectivity index (χ0v) is 14.9. The van der Waals surface area contributed by atoms with Crippen LogP contribution in [0.15, 0.2) is 60.7 Å². The fourth-order valence-electron chi connectivity index (χ4n) is 2.94. The molecule has 0 bridgehead atoms. The molecule has 4 heteroatoms. The van der Waals surface area contributed by atoms with E-state index < -0.39 is 5.97 Å². The zero-order chi connectivity index (χ0) is 18.4. The molecule has 4 nitrogen and oxygen atoms in total. The third-order valence-electron chi connectivity index (χ3n) is 4.29. The lowest BCUT2D eigenvalue weighted by Crippen LogP contribution is -2.14. The van der Waals surface area contributed by atoms with Crippen LogP contribution in [0.4, 0.5) is 0 Å². The summed E-state index contributed by atoms with van der Waals surface area (Å²) in [5.74, 6) is 0.0113. The van der Waals surface area contributed by atoms with E-state index in [1.807, 2.05) is 30.3 Å². The predicted molar refractivity (Wildman–Crippen MR) is 104 cm³/mol. The Kier molecular flexibility index (Phi) is 5.87. The molecule has 134 valence electrons. The van der Waals surface area contributed by atoms with Crippen molar-refractivity contribution in [1.82, 2.24) is 5.32 Å². The van der Waals surface area contributed by atoms with Crippen LogP contribution in [-0.2, 0) is 13.1 Å². The van der Waals surface area contributed by atoms with Crippen molar-refractivity contribution >= 4 is 16.7 Å². The first-order valence-corrected chi connectivity index (χ1v) is 8.85. The molecule has 0 amide bonds. The van der Waals surface area contributed by atoms with Crippen molar-refractivity contribution in [3.8, 4) is 5.75 Å². The number of ether oxygens (including phenoxy) is 1. The van der Waals surface area contributed by atoms with Crippen molar-refractivity contribution in [3.63, 3.8) is 0 Å². The van der Waals surface area contributed by atoms with Crippen LogP contribution in [0, 0.1) is 0 Å². The van der Waals surface area contributed by atoms with Gasteiger partial charge in [0.2, 0.25) is 0 Å². The SMILES string of the molecule is CCCOc1ccc2ccccc2c1CNCc1ccc(C(=O)O)cc1. The molecule has 0 heterocycles. The Labute approximate surface area is 153 Å². The van der Waals surface area contributed by atoms with Crippen LogP contribution >= 0.6 is 0 Å². The van der Waals surface area contributed by atoms with Gasteiger partial charge in [-0.2, -0.15) is 0 Å². The van der Waals surface area contributed by atoms with E-state index in [2.05, 4.69) is 30.4 Å². The van der Waals surface area contributed by atoms with Crippen molar-refractivity contribution in [1.29, 1.82) is 0 Å². The summed E-state index contributed by atoms with van der Waals surface area (Å²) >= 11 is 0. The Hall–Kier alpha value is -2.85. The van der Waals surface area contributed by atoms with E-state index in [9.17, 15) is 4.79 Å². The number of carboxylic acids is 1. The van der Waals surface area contributed by atoms with Gasteiger partial charge in [0.1, 0.15) is 5.75 Å². The number of fused-ring (bicyclic) bond motifs is 1. The third kappa shape index (κ3) is 4.21. The maximum atomic E-state index is 10.9. The highest BCUT2D eigenvalue weighted by molar-refractivity contribution is 5.88. The molecular weight excluding hydrogens is 326 g/mol. The summed E-state index contributed by atoms with van der Waals surface area (Å²) in [7, 11) is 0. The molecule has 3 aromatic rings. The van der Waals surface area contributed by atoms with Crippen molar-refractivity contribution in [2.24, 2.45) is 0 Å². The summed E-state index contributed by atoms with van der Waals surface area (Å²) in [4.78, 5) is 10.9. The maximum Gasteiger partial charge on any atom is 0.335 e. The van der Waals surface area contributed by atoms with Gasteiger partial charge in [-0.05, 0) is 41.0 Å². The molecule has 0 fully saturated rings. The van der Waals surface area contributed by atoms with E-state index in [-0.39, 0.29) is 0 Å². The molecule has 2 N–H and O–H groups in total. The van der Waals surface area contributed by atoms with Gasteiger partial charge in [0.15, 0.2) is 0 Å². The van der Waals surface area contributed by atoms with Crippen LogP contribution in [0.2, 0.25) is 0 Å². The Bertz CT molecular complexity index is 888. The van der Waals surface area contributed by atoms with Gasteiger partial charge in [0, 0.05) is 18.7 Å². The van der Waals surface area contributed by atoms with Gasteiger partial charge in [-0.25, -0.2) is 4.79 Å². The second kappa shape index (κ2) is 8.50. The molecule has 0 aromatic heterocycles. The Morgan fingerprint density at radius 3 is 2.50 bits per heavy atom. The van der Waals surface area contributed by atoms with Crippen LogP contribution in [0.1, 0.15) is 34.8 Å². The first kappa shape index (κ1) is 18.0. The molecule has 0 saturated carbocycles. The average Bonchev–Trinajstić information content (AvgIpc) is 2.67. The van der Waals surface area contributed by atoms with Crippen molar-refractivity contribution < 1.29 is 14.6 Å². The van der Waals surface area contributed by atoms with Crippen LogP contribution in [0.5, 0.6) is 5.75 Å². The number of hydrogen-bond acceptors (Lipinski definition) is 3. The van der Waals surface area contributed by atoms with Crippen molar-refractivity contribution in [3.05, 3.63) is 77.4 Å². The fourth-order valence-corrected chi connectivity index (χ4v) is 2.94. The van der Waals surface area contributed by atoms with E-state index in [1.165, 1.54) is 10.8 Å². The second-order valence-corrected chi connectivity index (χ2v) is 6.22. The van der Waals surface area contributed by atoms with Crippen LogP contribution < -0.4 is 10.1 Å². The molecule has 3 aromatic carbocycles. The van der Waals surface area contributed by atoms with Crippen molar-refractivity contribution in [2.75, 3.05) is 6.61 Å². The predicted octanol–water partition coefficient (Wildman–Crippen LogP) is 4.62. The number of nitrogens with one attached hydrogen (secondary N) is 1. The molecule has 26 heavy (non-hydrogen) atoms. The summed E-state index contributed by atoms with van der Waals surface area (Å²) in [6.07, 6.45) is 0.968. The maximum absolute atomic E-state index is 10.9. The Balaban J connectivity index is 1.75. The highest BCUT2D eigenvalue weighted by Gasteiger charge is 2.09. The number of hydrogen-bond donors (Lipinski definition) is 2. The van der Waals surface area contributed by atoms with Crippen LogP contribution in [-0.4, -0.2) is 17.7 Å². The molecule has 3 rings (SSSR count). The van der Waals surface area contributed by atoms with E-state index in [1.54, 1.807) is 12.1 Å². The monoisotopic (exact) mass is 349 g/mol. The van der Waals surface area contributed by atoms with E-state index in [4.69, 9.17) is 9.84 Å². The minimum atomic E-state index is -0.905.